The number of rotatable bonds is 2. The van der Waals surface area contributed by atoms with Gasteiger partial charge in [0.2, 0.25) is 0 Å². The van der Waals surface area contributed by atoms with E-state index in [1.165, 1.54) is 0 Å². The van der Waals surface area contributed by atoms with Crippen LogP contribution in [0.1, 0.15) is 66.2 Å². The molecule has 0 radical (unpaired) electrons. The minimum atomic E-state index is -0.669. The van der Waals surface area contributed by atoms with Gasteiger partial charge in [-0.05, 0) is 53.4 Å². The molecule has 1 unspecified atom stereocenters. The van der Waals surface area contributed by atoms with Crippen molar-refractivity contribution in [3.63, 3.8) is 0 Å². The van der Waals surface area contributed by atoms with Crippen molar-refractivity contribution >= 4 is 5.91 Å². The van der Waals surface area contributed by atoms with Crippen molar-refractivity contribution in [3.05, 3.63) is 0 Å². The van der Waals surface area contributed by atoms with Gasteiger partial charge in [0, 0.05) is 23.9 Å². The average Bonchev–Trinajstić information content (AvgIpc) is 3.05. The minimum Gasteiger partial charge on any atom is -0.371 e. The van der Waals surface area contributed by atoms with Gasteiger partial charge in [-0.25, -0.2) is 0 Å². The number of epoxide rings is 1. The molecule has 4 rings (SSSR count). The molecule has 3 saturated heterocycles. The smallest absolute Gasteiger partial charge is 0.257 e. The molecule has 1 N–H and O–H groups in total. The molecule has 1 amide bonds. The van der Waals surface area contributed by atoms with Gasteiger partial charge in [0.1, 0.15) is 5.72 Å². The Morgan fingerprint density at radius 1 is 1.13 bits per heavy atom. The number of ether oxygens (including phenoxy) is 2. The summed E-state index contributed by atoms with van der Waals surface area (Å²) in [5.74, 6) is 0.206. The zero-order chi connectivity index (χ0) is 16.5. The van der Waals surface area contributed by atoms with Crippen molar-refractivity contribution < 1.29 is 14.3 Å². The Labute approximate surface area is 139 Å². The Hall–Kier alpha value is -0.650. The first-order valence-corrected chi connectivity index (χ1v) is 9.09. The van der Waals surface area contributed by atoms with Crippen LogP contribution < -0.4 is 5.32 Å². The van der Waals surface area contributed by atoms with Gasteiger partial charge in [0.15, 0.2) is 5.60 Å². The zero-order valence-electron chi connectivity index (χ0n) is 14.9. The largest absolute Gasteiger partial charge is 0.371 e. The molecule has 0 aromatic heterocycles. The summed E-state index contributed by atoms with van der Waals surface area (Å²) in [5.41, 5.74) is -1.25. The fraction of sp³-hybridized carbons (Fsp3) is 0.944. The molecule has 2 spiro atoms. The van der Waals surface area contributed by atoms with E-state index in [0.29, 0.717) is 6.54 Å². The first-order chi connectivity index (χ1) is 10.7. The Bertz CT molecular complexity index is 502. The van der Waals surface area contributed by atoms with Gasteiger partial charge < -0.3 is 19.7 Å². The molecule has 1 atom stereocenters. The van der Waals surface area contributed by atoms with Crippen molar-refractivity contribution in [2.45, 2.75) is 94.7 Å². The molecule has 0 bridgehead atoms. The number of carbonyl (C=O) groups excluding carboxylic acids is 1. The number of amides is 1. The van der Waals surface area contributed by atoms with Crippen LogP contribution in [0.4, 0.5) is 0 Å². The number of nitrogens with one attached hydrogen (secondary N) is 1. The lowest BCUT2D eigenvalue weighted by atomic mass is 9.72. The minimum absolute atomic E-state index is 0.108. The number of hydrogen-bond acceptors (Lipinski definition) is 4. The van der Waals surface area contributed by atoms with Crippen LogP contribution in [-0.4, -0.2) is 52.5 Å². The van der Waals surface area contributed by atoms with E-state index >= 15 is 0 Å². The summed E-state index contributed by atoms with van der Waals surface area (Å²) in [4.78, 5) is 15.6. The Morgan fingerprint density at radius 3 is 2.22 bits per heavy atom. The fourth-order valence-corrected chi connectivity index (χ4v) is 5.54. The summed E-state index contributed by atoms with van der Waals surface area (Å²) in [5, 5.41) is 3.68. The molecule has 4 fully saturated rings. The molecule has 0 aromatic rings. The highest BCUT2D eigenvalue weighted by Gasteiger charge is 2.65. The zero-order valence-corrected chi connectivity index (χ0v) is 14.9. The van der Waals surface area contributed by atoms with Crippen LogP contribution in [0, 0.1) is 0 Å². The summed E-state index contributed by atoms with van der Waals surface area (Å²) >= 11 is 0. The first kappa shape index (κ1) is 15.9. The third-order valence-corrected chi connectivity index (χ3v) is 5.82. The summed E-state index contributed by atoms with van der Waals surface area (Å²) in [6, 6.07) is 0. The quantitative estimate of drug-likeness (QED) is 0.792. The first-order valence-electron chi connectivity index (χ1n) is 9.09. The van der Waals surface area contributed by atoms with Gasteiger partial charge >= 0.3 is 0 Å². The molecule has 5 nitrogen and oxygen atoms in total. The predicted molar refractivity (Wildman–Crippen MR) is 87.0 cm³/mol. The second-order valence-corrected chi connectivity index (χ2v) is 9.37. The van der Waals surface area contributed by atoms with Crippen molar-refractivity contribution in [3.8, 4) is 0 Å². The highest BCUT2D eigenvalue weighted by molar-refractivity contribution is 5.88. The molecular weight excluding hydrogens is 292 g/mol. The Balaban J connectivity index is 1.69. The lowest BCUT2D eigenvalue weighted by Crippen LogP contribution is -2.65. The van der Waals surface area contributed by atoms with Gasteiger partial charge in [-0.1, -0.05) is 0 Å². The fourth-order valence-electron chi connectivity index (χ4n) is 5.54. The maximum Gasteiger partial charge on any atom is 0.257 e. The van der Waals surface area contributed by atoms with Crippen LogP contribution in [-0.2, 0) is 14.3 Å². The molecule has 1 saturated carbocycles. The van der Waals surface area contributed by atoms with Crippen molar-refractivity contribution in [2.24, 2.45) is 0 Å². The summed E-state index contributed by atoms with van der Waals surface area (Å²) < 4.78 is 12.2. The van der Waals surface area contributed by atoms with Crippen LogP contribution >= 0.6 is 0 Å². The van der Waals surface area contributed by atoms with Crippen LogP contribution in [0.25, 0.3) is 0 Å². The summed E-state index contributed by atoms with van der Waals surface area (Å²) in [7, 11) is 0. The topological polar surface area (TPSA) is 54.1 Å². The highest BCUT2D eigenvalue weighted by Crippen LogP contribution is 2.52. The lowest BCUT2D eigenvalue weighted by Gasteiger charge is -2.50. The molecule has 23 heavy (non-hydrogen) atoms. The number of piperidine rings is 1. The van der Waals surface area contributed by atoms with Crippen LogP contribution in [0.15, 0.2) is 0 Å². The highest BCUT2D eigenvalue weighted by atomic mass is 16.6. The van der Waals surface area contributed by atoms with Crippen LogP contribution in [0.5, 0.6) is 0 Å². The maximum atomic E-state index is 13.5. The van der Waals surface area contributed by atoms with E-state index < -0.39 is 5.60 Å². The summed E-state index contributed by atoms with van der Waals surface area (Å²) in [6.45, 7) is 10.2. The van der Waals surface area contributed by atoms with E-state index in [9.17, 15) is 4.79 Å². The monoisotopic (exact) mass is 322 g/mol. The van der Waals surface area contributed by atoms with Crippen LogP contribution in [0.3, 0.4) is 0 Å². The molecular formula is C18H30N2O3. The third-order valence-electron chi connectivity index (χ3n) is 5.82. The summed E-state index contributed by atoms with van der Waals surface area (Å²) in [6.07, 6.45) is 5.95. The van der Waals surface area contributed by atoms with E-state index in [1.807, 2.05) is 0 Å². The normalized spacial score (nSPS) is 36.1. The molecule has 3 aliphatic heterocycles. The van der Waals surface area contributed by atoms with Crippen molar-refractivity contribution in [1.82, 2.24) is 10.2 Å². The molecule has 130 valence electrons. The standard InChI is InChI=1S/C18H30N2O3/c1-15(2)11-17(12-16(3,4)19-15)14(21)20(9-13-10-22-13)18(23-17)7-5-6-8-18/h13,19H,5-12H2,1-4H3. The number of nitrogens with zero attached hydrogens (tertiary/aromatic N) is 1. The molecule has 5 heteroatoms. The van der Waals surface area contributed by atoms with E-state index in [4.69, 9.17) is 9.47 Å². The molecule has 1 aliphatic carbocycles. The van der Waals surface area contributed by atoms with Crippen molar-refractivity contribution in [2.75, 3.05) is 13.2 Å². The van der Waals surface area contributed by atoms with E-state index in [-0.39, 0.29) is 28.8 Å². The van der Waals surface area contributed by atoms with Gasteiger partial charge in [-0.15, -0.1) is 0 Å². The number of hydrogen-bond donors (Lipinski definition) is 1. The molecule has 4 aliphatic rings. The van der Waals surface area contributed by atoms with Crippen LogP contribution in [0.2, 0.25) is 0 Å². The Kier molecular flexibility index (Phi) is 3.24. The number of carbonyl (C=O) groups is 1. The molecule has 0 aromatic carbocycles. The van der Waals surface area contributed by atoms with Gasteiger partial charge in [-0.2, -0.15) is 0 Å². The lowest BCUT2D eigenvalue weighted by molar-refractivity contribution is -0.166. The van der Waals surface area contributed by atoms with E-state index in [1.54, 1.807) is 0 Å². The van der Waals surface area contributed by atoms with Gasteiger partial charge in [-0.3, -0.25) is 4.79 Å². The average molecular weight is 322 g/mol. The van der Waals surface area contributed by atoms with Crippen molar-refractivity contribution in [1.29, 1.82) is 0 Å². The maximum absolute atomic E-state index is 13.5. The second kappa shape index (κ2) is 4.70. The van der Waals surface area contributed by atoms with E-state index in [0.717, 1.165) is 45.1 Å². The second-order valence-electron chi connectivity index (χ2n) is 9.37. The van der Waals surface area contributed by atoms with Gasteiger partial charge in [0.05, 0.1) is 19.3 Å². The van der Waals surface area contributed by atoms with E-state index in [2.05, 4.69) is 37.9 Å². The van der Waals surface area contributed by atoms with Gasteiger partial charge in [0.25, 0.3) is 5.91 Å². The third kappa shape index (κ3) is 2.61. The Morgan fingerprint density at radius 2 is 1.70 bits per heavy atom. The predicted octanol–water partition coefficient (Wildman–Crippen LogP) is 2.19. The SMILES string of the molecule is CC1(C)CC2(CC(C)(C)N1)OC1(CCCC1)N(CC1CO1)C2=O. The molecule has 3 heterocycles.